The van der Waals surface area contributed by atoms with Gasteiger partial charge in [-0.05, 0) is 32.5 Å². The van der Waals surface area contributed by atoms with E-state index in [1.54, 1.807) is 0 Å². The minimum Gasteiger partial charge on any atom is -0.313 e. The third-order valence-corrected chi connectivity index (χ3v) is 3.83. The maximum atomic E-state index is 3.44. The van der Waals surface area contributed by atoms with Crippen LogP contribution in [0.25, 0.3) is 0 Å². The quantitative estimate of drug-likeness (QED) is 0.822. The maximum Gasteiger partial charge on any atom is 0.0325 e. The molecule has 92 valence electrons. The molecule has 0 bridgehead atoms. The highest BCUT2D eigenvalue weighted by Crippen LogP contribution is 2.21. The molecule has 0 aromatic carbocycles. The number of rotatable bonds is 6. The smallest absolute Gasteiger partial charge is 0.0325 e. The molecule has 0 aliphatic heterocycles. The van der Waals surface area contributed by atoms with E-state index in [0.29, 0.717) is 6.04 Å². The Morgan fingerprint density at radius 2 is 2.06 bits per heavy atom. The summed E-state index contributed by atoms with van der Waals surface area (Å²) in [5, 5.41) is 3.44. The number of hydrogen-bond donors (Lipinski definition) is 1. The van der Waals surface area contributed by atoms with Crippen LogP contribution in [0.3, 0.4) is 0 Å². The van der Waals surface area contributed by atoms with Gasteiger partial charge in [0.1, 0.15) is 0 Å². The van der Waals surface area contributed by atoms with E-state index in [1.807, 2.05) is 11.3 Å². The van der Waals surface area contributed by atoms with Gasteiger partial charge in [0.25, 0.3) is 0 Å². The molecule has 0 aliphatic carbocycles. The second-order valence-corrected chi connectivity index (χ2v) is 6.14. The lowest BCUT2D eigenvalue weighted by atomic mass is 10.3. The summed E-state index contributed by atoms with van der Waals surface area (Å²) in [6.45, 7) is 12.0. The first-order valence-corrected chi connectivity index (χ1v) is 6.78. The molecule has 0 saturated carbocycles. The number of aryl methyl sites for hydroxylation is 2. The van der Waals surface area contributed by atoms with Crippen LogP contribution in [0.1, 0.15) is 29.2 Å². The Balaban J connectivity index is 2.31. The predicted octanol–water partition coefficient (Wildman–Crippen LogP) is 2.79. The average Bonchev–Trinajstić information content (AvgIpc) is 2.44. The van der Waals surface area contributed by atoms with Gasteiger partial charge in [-0.3, -0.25) is 0 Å². The molecule has 1 aromatic heterocycles. The second kappa shape index (κ2) is 6.38. The molecule has 0 radical (unpaired) electrons. The Bertz CT molecular complexity index is 298. The van der Waals surface area contributed by atoms with E-state index < -0.39 is 0 Å². The van der Waals surface area contributed by atoms with Crippen molar-refractivity contribution >= 4 is 11.3 Å². The molecule has 0 spiro atoms. The number of hydrogen-bond acceptors (Lipinski definition) is 3. The summed E-state index contributed by atoms with van der Waals surface area (Å²) < 4.78 is 0. The number of nitrogens with one attached hydrogen (secondary N) is 1. The van der Waals surface area contributed by atoms with Crippen LogP contribution in [0, 0.1) is 13.8 Å². The monoisotopic (exact) mass is 240 g/mol. The van der Waals surface area contributed by atoms with E-state index in [4.69, 9.17) is 0 Å². The van der Waals surface area contributed by atoms with Crippen LogP contribution < -0.4 is 5.32 Å². The average molecular weight is 240 g/mol. The van der Waals surface area contributed by atoms with Gasteiger partial charge in [-0.2, -0.15) is 0 Å². The van der Waals surface area contributed by atoms with Gasteiger partial charge in [0.15, 0.2) is 0 Å². The lowest BCUT2D eigenvalue weighted by molar-refractivity contribution is 0.322. The van der Waals surface area contributed by atoms with Gasteiger partial charge in [-0.1, -0.05) is 13.8 Å². The maximum absolute atomic E-state index is 3.44. The SMILES string of the molecule is Cc1cc(CN(C)CCNC(C)C)sc1C. The molecule has 0 atom stereocenters. The third-order valence-electron chi connectivity index (χ3n) is 2.69. The van der Waals surface area contributed by atoms with Crippen molar-refractivity contribution in [1.29, 1.82) is 0 Å². The van der Waals surface area contributed by atoms with Crippen LogP contribution in [0.4, 0.5) is 0 Å². The molecule has 1 rings (SSSR count). The molecular weight excluding hydrogens is 216 g/mol. The minimum absolute atomic E-state index is 0.583. The standard InChI is InChI=1S/C13H24N2S/c1-10(2)14-6-7-15(5)9-13-8-11(3)12(4)16-13/h8,10,14H,6-7,9H2,1-5H3. The molecule has 16 heavy (non-hydrogen) atoms. The zero-order chi connectivity index (χ0) is 12.1. The zero-order valence-electron chi connectivity index (χ0n) is 11.1. The Hall–Kier alpha value is -0.380. The highest BCUT2D eigenvalue weighted by molar-refractivity contribution is 7.12. The highest BCUT2D eigenvalue weighted by Gasteiger charge is 2.05. The number of nitrogens with zero attached hydrogens (tertiary/aromatic N) is 1. The van der Waals surface area contributed by atoms with Crippen LogP contribution in [-0.2, 0) is 6.54 Å². The molecule has 0 saturated heterocycles. The molecule has 1 N–H and O–H groups in total. The van der Waals surface area contributed by atoms with Crippen LogP contribution in [-0.4, -0.2) is 31.1 Å². The minimum atomic E-state index is 0.583. The first-order chi connectivity index (χ1) is 7.49. The molecule has 0 aliphatic rings. The van der Waals surface area contributed by atoms with Crippen molar-refractivity contribution in [3.63, 3.8) is 0 Å². The fourth-order valence-electron chi connectivity index (χ4n) is 1.62. The van der Waals surface area contributed by atoms with Gasteiger partial charge in [-0.15, -0.1) is 11.3 Å². The van der Waals surface area contributed by atoms with E-state index in [1.165, 1.54) is 15.3 Å². The van der Waals surface area contributed by atoms with Crippen molar-refractivity contribution in [3.8, 4) is 0 Å². The lowest BCUT2D eigenvalue weighted by Gasteiger charge is -2.17. The van der Waals surface area contributed by atoms with E-state index in [0.717, 1.165) is 19.6 Å². The third kappa shape index (κ3) is 4.64. The lowest BCUT2D eigenvalue weighted by Crippen LogP contribution is -2.32. The van der Waals surface area contributed by atoms with Crippen molar-refractivity contribution < 1.29 is 0 Å². The van der Waals surface area contributed by atoms with Crippen molar-refractivity contribution in [2.45, 2.75) is 40.3 Å². The first-order valence-electron chi connectivity index (χ1n) is 5.97. The molecule has 2 nitrogen and oxygen atoms in total. The van der Waals surface area contributed by atoms with Crippen molar-refractivity contribution in [1.82, 2.24) is 10.2 Å². The zero-order valence-corrected chi connectivity index (χ0v) is 11.9. The Morgan fingerprint density at radius 3 is 2.56 bits per heavy atom. The summed E-state index contributed by atoms with van der Waals surface area (Å²) in [5.41, 5.74) is 1.42. The fourth-order valence-corrected chi connectivity index (χ4v) is 2.75. The van der Waals surface area contributed by atoms with Gasteiger partial charge in [-0.25, -0.2) is 0 Å². The van der Waals surface area contributed by atoms with E-state index >= 15 is 0 Å². The van der Waals surface area contributed by atoms with Crippen LogP contribution in [0.2, 0.25) is 0 Å². The Morgan fingerprint density at radius 1 is 1.38 bits per heavy atom. The molecule has 0 amide bonds. The highest BCUT2D eigenvalue weighted by atomic mass is 32.1. The van der Waals surface area contributed by atoms with E-state index in [9.17, 15) is 0 Å². The normalized spacial score (nSPS) is 11.7. The molecular formula is C13H24N2S. The molecule has 1 heterocycles. The van der Waals surface area contributed by atoms with Crippen LogP contribution in [0.5, 0.6) is 0 Å². The van der Waals surface area contributed by atoms with Crippen LogP contribution >= 0.6 is 11.3 Å². The fraction of sp³-hybridized carbons (Fsp3) is 0.692. The predicted molar refractivity (Wildman–Crippen MR) is 73.3 cm³/mol. The van der Waals surface area contributed by atoms with Crippen LogP contribution in [0.15, 0.2) is 6.07 Å². The number of likely N-dealkylation sites (N-methyl/N-ethyl adjacent to an activating group) is 1. The summed E-state index contributed by atoms with van der Waals surface area (Å²) in [7, 11) is 2.19. The second-order valence-electron chi connectivity index (χ2n) is 4.80. The topological polar surface area (TPSA) is 15.3 Å². The van der Waals surface area contributed by atoms with Gasteiger partial charge < -0.3 is 10.2 Å². The summed E-state index contributed by atoms with van der Waals surface area (Å²) >= 11 is 1.92. The van der Waals surface area contributed by atoms with Crippen molar-refractivity contribution in [3.05, 3.63) is 21.4 Å². The Kier molecular flexibility index (Phi) is 5.46. The molecule has 1 aromatic rings. The summed E-state index contributed by atoms with van der Waals surface area (Å²) in [6.07, 6.45) is 0. The van der Waals surface area contributed by atoms with Crippen molar-refractivity contribution in [2.75, 3.05) is 20.1 Å². The summed E-state index contributed by atoms with van der Waals surface area (Å²) in [6, 6.07) is 2.89. The summed E-state index contributed by atoms with van der Waals surface area (Å²) in [4.78, 5) is 5.30. The van der Waals surface area contributed by atoms with E-state index in [-0.39, 0.29) is 0 Å². The van der Waals surface area contributed by atoms with Gasteiger partial charge in [0, 0.05) is 35.4 Å². The number of thiophene rings is 1. The largest absolute Gasteiger partial charge is 0.313 e. The Labute approximate surface area is 104 Å². The summed E-state index contributed by atoms with van der Waals surface area (Å²) in [5.74, 6) is 0. The molecule has 3 heteroatoms. The van der Waals surface area contributed by atoms with Gasteiger partial charge in [0.2, 0.25) is 0 Å². The van der Waals surface area contributed by atoms with E-state index in [2.05, 4.69) is 51.0 Å². The van der Waals surface area contributed by atoms with Gasteiger partial charge >= 0.3 is 0 Å². The molecule has 0 fully saturated rings. The van der Waals surface area contributed by atoms with Crippen molar-refractivity contribution in [2.24, 2.45) is 0 Å². The van der Waals surface area contributed by atoms with Gasteiger partial charge in [0.05, 0.1) is 0 Å². The molecule has 0 unspecified atom stereocenters. The first kappa shape index (κ1) is 13.7.